The number of likely N-dealkylation sites (tertiary alicyclic amines) is 1. The summed E-state index contributed by atoms with van der Waals surface area (Å²) in [7, 11) is 0. The van der Waals surface area contributed by atoms with Crippen LogP contribution in [0.3, 0.4) is 0 Å². The molecule has 1 aromatic carbocycles. The number of phenolic OH excluding ortho intramolecular Hbond substituents is 1. The highest BCUT2D eigenvalue weighted by molar-refractivity contribution is 5.98. The number of aromatic hydroxyl groups is 1. The van der Waals surface area contributed by atoms with Crippen molar-refractivity contribution in [3.05, 3.63) is 23.3 Å². The molecule has 4 nitrogen and oxygen atoms in total. The van der Waals surface area contributed by atoms with Gasteiger partial charge in [0, 0.05) is 25.1 Å². The molecule has 1 fully saturated rings. The van der Waals surface area contributed by atoms with E-state index in [9.17, 15) is 9.90 Å². The molecular weight excluding hydrogens is 278 g/mol. The average molecular weight is 303 g/mol. The van der Waals surface area contributed by atoms with Crippen molar-refractivity contribution >= 4 is 5.91 Å². The molecule has 2 heterocycles. The van der Waals surface area contributed by atoms with E-state index in [0.717, 1.165) is 44.3 Å². The van der Waals surface area contributed by atoms with Gasteiger partial charge >= 0.3 is 0 Å². The Labute approximate surface area is 132 Å². The Morgan fingerprint density at radius 2 is 2.09 bits per heavy atom. The standard InChI is InChI=1S/C18H25NO3/c1-12-5-4-9-19(10-8-12)17(21)14-7-6-13-11-18(2,3)22-16(13)15(14)20/h6-7,12,20H,4-5,8-11H2,1-3H3/t12-/m0/s1. The number of hydrogen-bond donors (Lipinski definition) is 1. The Balaban J connectivity index is 1.85. The summed E-state index contributed by atoms with van der Waals surface area (Å²) in [5.41, 5.74) is 1.02. The number of nitrogens with zero attached hydrogens (tertiary/aromatic N) is 1. The second-order valence-corrected chi connectivity index (χ2v) is 7.32. The molecule has 0 unspecified atom stereocenters. The number of benzene rings is 1. The van der Waals surface area contributed by atoms with Gasteiger partial charge in [-0.2, -0.15) is 0 Å². The smallest absolute Gasteiger partial charge is 0.257 e. The third-order valence-electron chi connectivity index (χ3n) is 4.74. The van der Waals surface area contributed by atoms with Crippen LogP contribution in [0.15, 0.2) is 12.1 Å². The van der Waals surface area contributed by atoms with Crippen molar-refractivity contribution in [2.45, 2.75) is 52.1 Å². The quantitative estimate of drug-likeness (QED) is 0.865. The fraction of sp³-hybridized carbons (Fsp3) is 0.611. The number of fused-ring (bicyclic) bond motifs is 1. The minimum absolute atomic E-state index is 0.00497. The van der Waals surface area contributed by atoms with E-state index in [1.165, 1.54) is 0 Å². The normalized spacial score (nSPS) is 23.6. The van der Waals surface area contributed by atoms with Gasteiger partial charge in [-0.25, -0.2) is 0 Å². The van der Waals surface area contributed by atoms with Gasteiger partial charge in [0.1, 0.15) is 5.60 Å². The van der Waals surface area contributed by atoms with Gasteiger partial charge in [0.15, 0.2) is 11.5 Å². The molecular formula is C18H25NO3. The minimum atomic E-state index is -0.320. The van der Waals surface area contributed by atoms with Crippen LogP contribution in [0.4, 0.5) is 0 Å². The lowest BCUT2D eigenvalue weighted by Crippen LogP contribution is -2.32. The zero-order chi connectivity index (χ0) is 15.9. The molecule has 2 aliphatic rings. The van der Waals surface area contributed by atoms with E-state index < -0.39 is 0 Å². The highest BCUT2D eigenvalue weighted by Crippen LogP contribution is 2.43. The van der Waals surface area contributed by atoms with Crippen molar-refractivity contribution in [2.24, 2.45) is 5.92 Å². The van der Waals surface area contributed by atoms with Crippen LogP contribution in [0.1, 0.15) is 56.0 Å². The molecule has 1 amide bonds. The van der Waals surface area contributed by atoms with Crippen LogP contribution in [-0.2, 0) is 6.42 Å². The summed E-state index contributed by atoms with van der Waals surface area (Å²) in [4.78, 5) is 14.6. The van der Waals surface area contributed by atoms with E-state index in [4.69, 9.17) is 4.74 Å². The molecule has 1 aromatic rings. The maximum atomic E-state index is 12.8. The Bertz CT molecular complexity index is 594. The summed E-state index contributed by atoms with van der Waals surface area (Å²) in [5.74, 6) is 1.07. The third kappa shape index (κ3) is 2.79. The molecule has 0 radical (unpaired) electrons. The second-order valence-electron chi connectivity index (χ2n) is 7.32. The van der Waals surface area contributed by atoms with Crippen LogP contribution in [0, 0.1) is 5.92 Å². The zero-order valence-electron chi connectivity index (χ0n) is 13.7. The summed E-state index contributed by atoms with van der Waals surface area (Å²) >= 11 is 0. The molecule has 0 saturated carbocycles. The first kappa shape index (κ1) is 15.2. The topological polar surface area (TPSA) is 49.8 Å². The molecule has 2 aliphatic heterocycles. The minimum Gasteiger partial charge on any atom is -0.504 e. The Morgan fingerprint density at radius 1 is 1.32 bits per heavy atom. The van der Waals surface area contributed by atoms with Gasteiger partial charge in [0.25, 0.3) is 5.91 Å². The monoisotopic (exact) mass is 303 g/mol. The van der Waals surface area contributed by atoms with E-state index in [-0.39, 0.29) is 17.3 Å². The summed E-state index contributed by atoms with van der Waals surface area (Å²) < 4.78 is 5.82. The van der Waals surface area contributed by atoms with Gasteiger partial charge in [0.05, 0.1) is 5.56 Å². The van der Waals surface area contributed by atoms with Crippen molar-refractivity contribution in [3.8, 4) is 11.5 Å². The molecule has 0 bridgehead atoms. The van der Waals surface area contributed by atoms with Gasteiger partial charge in [-0.3, -0.25) is 4.79 Å². The third-order valence-corrected chi connectivity index (χ3v) is 4.74. The van der Waals surface area contributed by atoms with E-state index in [2.05, 4.69) is 6.92 Å². The van der Waals surface area contributed by atoms with Gasteiger partial charge in [-0.15, -0.1) is 0 Å². The van der Waals surface area contributed by atoms with Gasteiger partial charge in [-0.05, 0) is 45.1 Å². The number of phenols is 1. The van der Waals surface area contributed by atoms with Gasteiger partial charge in [0.2, 0.25) is 0 Å². The Morgan fingerprint density at radius 3 is 2.86 bits per heavy atom. The van der Waals surface area contributed by atoms with Gasteiger partial charge < -0.3 is 14.7 Å². The van der Waals surface area contributed by atoms with Crippen LogP contribution in [0.5, 0.6) is 11.5 Å². The number of hydrogen-bond acceptors (Lipinski definition) is 3. The number of carbonyl (C=O) groups excluding carboxylic acids is 1. The maximum Gasteiger partial charge on any atom is 0.257 e. The van der Waals surface area contributed by atoms with Crippen molar-refractivity contribution in [3.63, 3.8) is 0 Å². The molecule has 1 atom stereocenters. The van der Waals surface area contributed by atoms with Crippen LogP contribution < -0.4 is 4.74 Å². The number of carbonyl (C=O) groups is 1. The van der Waals surface area contributed by atoms with E-state index in [1.54, 1.807) is 6.07 Å². The number of amides is 1. The van der Waals surface area contributed by atoms with E-state index in [1.807, 2.05) is 24.8 Å². The predicted octanol–water partition coefficient (Wildman–Crippen LogP) is 3.37. The van der Waals surface area contributed by atoms with E-state index >= 15 is 0 Å². The lowest BCUT2D eigenvalue weighted by molar-refractivity contribution is 0.0754. The van der Waals surface area contributed by atoms with E-state index in [0.29, 0.717) is 17.2 Å². The molecule has 1 saturated heterocycles. The van der Waals surface area contributed by atoms with Gasteiger partial charge in [-0.1, -0.05) is 13.0 Å². The predicted molar refractivity (Wildman–Crippen MR) is 85.4 cm³/mol. The number of ether oxygens (including phenoxy) is 1. The largest absolute Gasteiger partial charge is 0.504 e. The van der Waals surface area contributed by atoms with Crippen LogP contribution in [0.2, 0.25) is 0 Å². The molecule has 4 heteroatoms. The van der Waals surface area contributed by atoms with Crippen LogP contribution in [-0.4, -0.2) is 34.6 Å². The lowest BCUT2D eigenvalue weighted by Gasteiger charge is -2.22. The maximum absolute atomic E-state index is 12.8. The fourth-order valence-electron chi connectivity index (χ4n) is 3.45. The first-order chi connectivity index (χ1) is 10.4. The number of rotatable bonds is 1. The Hall–Kier alpha value is -1.71. The first-order valence-corrected chi connectivity index (χ1v) is 8.20. The molecule has 0 aromatic heterocycles. The molecule has 120 valence electrons. The first-order valence-electron chi connectivity index (χ1n) is 8.20. The SMILES string of the molecule is C[C@H]1CCCN(C(=O)c2ccc3c(c2O)OC(C)(C)C3)CC1. The fourth-order valence-corrected chi connectivity index (χ4v) is 3.45. The summed E-state index contributed by atoms with van der Waals surface area (Å²) in [6.45, 7) is 7.75. The van der Waals surface area contributed by atoms with Crippen molar-refractivity contribution < 1.29 is 14.6 Å². The molecule has 3 rings (SSSR count). The van der Waals surface area contributed by atoms with Crippen molar-refractivity contribution in [1.29, 1.82) is 0 Å². The molecule has 22 heavy (non-hydrogen) atoms. The average Bonchev–Trinajstić information content (AvgIpc) is 2.62. The lowest BCUT2D eigenvalue weighted by atomic mass is 10.00. The van der Waals surface area contributed by atoms with Crippen LogP contribution >= 0.6 is 0 Å². The summed E-state index contributed by atoms with van der Waals surface area (Å²) in [6.07, 6.45) is 3.98. The zero-order valence-corrected chi connectivity index (χ0v) is 13.7. The van der Waals surface area contributed by atoms with Crippen LogP contribution in [0.25, 0.3) is 0 Å². The summed E-state index contributed by atoms with van der Waals surface area (Å²) in [6, 6.07) is 3.66. The van der Waals surface area contributed by atoms with Crippen molar-refractivity contribution in [2.75, 3.05) is 13.1 Å². The molecule has 0 spiro atoms. The second kappa shape index (κ2) is 5.49. The van der Waals surface area contributed by atoms with Crippen molar-refractivity contribution in [1.82, 2.24) is 4.90 Å². The molecule has 0 aliphatic carbocycles. The molecule has 1 N–H and O–H groups in total. The highest BCUT2D eigenvalue weighted by Gasteiger charge is 2.34. The summed E-state index contributed by atoms with van der Waals surface area (Å²) in [5, 5.41) is 10.5. The highest BCUT2D eigenvalue weighted by atomic mass is 16.5. The Kier molecular flexibility index (Phi) is 3.79.